The van der Waals surface area contributed by atoms with Crippen molar-refractivity contribution < 1.29 is 18.9 Å². The monoisotopic (exact) mass is 1600 g/mol. The highest BCUT2D eigenvalue weighted by Crippen LogP contribution is 2.50. The Kier molecular flexibility index (Phi) is 26.6. The van der Waals surface area contributed by atoms with E-state index in [-0.39, 0.29) is 0 Å². The van der Waals surface area contributed by atoms with Gasteiger partial charge in [-0.3, -0.25) is 0 Å². The minimum absolute atomic E-state index is 0.604. The molecule has 8 aliphatic heterocycles. The molecule has 6 aromatic heterocycles. The van der Waals surface area contributed by atoms with Gasteiger partial charge in [-0.15, -0.1) is 0 Å². The zero-order chi connectivity index (χ0) is 83.8. The Hall–Kier alpha value is -10.7. The molecule has 0 unspecified atom stereocenters. The molecule has 0 spiro atoms. The van der Waals surface area contributed by atoms with Gasteiger partial charge in [-0.05, 0) is 338 Å². The molecule has 18 rings (SSSR count). The van der Waals surface area contributed by atoms with Crippen molar-refractivity contribution in [2.24, 2.45) is 0 Å². The van der Waals surface area contributed by atoms with Crippen molar-refractivity contribution in [1.29, 1.82) is 0 Å². The van der Waals surface area contributed by atoms with Gasteiger partial charge in [0.15, 0.2) is 0 Å². The minimum atomic E-state index is 0.604. The normalized spacial score (nSPS) is 14.6. The zero-order valence-electron chi connectivity index (χ0n) is 74.8. The second-order valence-electron chi connectivity index (χ2n) is 32.8. The van der Waals surface area contributed by atoms with Crippen LogP contribution in [0.15, 0.2) is 121 Å². The highest BCUT2D eigenvalue weighted by molar-refractivity contribution is 6.07. The van der Waals surface area contributed by atoms with Gasteiger partial charge in [-0.2, -0.15) is 0 Å². The molecule has 14 heterocycles. The standard InChI is InChI=1S/C108H128N8O4/c1-17-73-81(25-9)101-97-65-45-41-49-69(57-65)117-53-37-33-34-38-55-119-71-51-43-47-67(59-71)99-105-85(29-13)77(21-5)93(113-105)63-95-79(23-7)87(31-15)107(115-95)100(108-88(32-16)80(24-8)96(116-108)64-94-78(22-6)86(30-14)106(99)114-94)68-48-44-52-72(60-68)120-56-40-36-35-39-54-118-70-50-42-46-66(58-70)98(103-82(26-10)74(18-2)90(110-103)61-89(73)109-101)104-84(28-12)76(20-4)92(112-104)62-91-75(19-3)83(27-11)102(97)111-91/h41-52,57-64,109,112-113,116H,17-40,53-56H2,1-16H3. The van der Waals surface area contributed by atoms with Gasteiger partial charge >= 0.3 is 0 Å². The maximum atomic E-state index is 6.85. The predicted molar refractivity (Wildman–Crippen MR) is 507 cm³/mol. The molecule has 12 nitrogen and oxygen atoms in total. The average Bonchev–Trinajstić information content (AvgIpc) is 1.59. The third kappa shape index (κ3) is 16.0. The van der Waals surface area contributed by atoms with E-state index < -0.39 is 0 Å². The molecule has 10 aromatic rings. The molecule has 0 amide bonds. The first-order chi connectivity index (χ1) is 58.8. The molecule has 28 bridgehead atoms. The lowest BCUT2D eigenvalue weighted by molar-refractivity contribution is 0.287. The fraction of sp³-hybridized carbons (Fsp3) is 0.407. The second kappa shape index (κ2) is 37.9. The summed E-state index contributed by atoms with van der Waals surface area (Å²) < 4.78 is 27.4. The number of hydrogen-bond donors (Lipinski definition) is 4. The third-order valence-corrected chi connectivity index (χ3v) is 26.1. The van der Waals surface area contributed by atoms with E-state index in [2.05, 4.69) is 252 Å². The number of aromatic nitrogens is 8. The number of nitrogens with one attached hydrogen (secondary N) is 4. The Morgan fingerprint density at radius 1 is 0.225 bits per heavy atom. The van der Waals surface area contributed by atoms with Gasteiger partial charge in [0.05, 0.1) is 94.0 Å². The van der Waals surface area contributed by atoms with E-state index in [0.29, 0.717) is 26.4 Å². The molecule has 624 valence electrons. The van der Waals surface area contributed by atoms with Crippen LogP contribution in [0.2, 0.25) is 0 Å². The van der Waals surface area contributed by atoms with Gasteiger partial charge in [0.2, 0.25) is 0 Å². The number of benzene rings is 4. The van der Waals surface area contributed by atoms with Crippen molar-refractivity contribution in [3.8, 4) is 67.5 Å². The smallest absolute Gasteiger partial charge is 0.119 e. The minimum Gasteiger partial charge on any atom is -0.494 e. The summed E-state index contributed by atoms with van der Waals surface area (Å²) in [6.07, 6.45) is 21.2. The molecule has 0 saturated carbocycles. The molecular weight excluding hydrogens is 1470 g/mol. The van der Waals surface area contributed by atoms with Crippen LogP contribution in [0.1, 0.15) is 304 Å². The Bertz CT molecular complexity index is 5300. The molecule has 120 heavy (non-hydrogen) atoms. The van der Waals surface area contributed by atoms with Crippen LogP contribution in [0.3, 0.4) is 0 Å². The van der Waals surface area contributed by atoms with E-state index in [1.165, 1.54) is 89.1 Å². The van der Waals surface area contributed by atoms with Crippen LogP contribution in [0.5, 0.6) is 23.0 Å². The molecule has 0 aliphatic carbocycles. The number of allylic oxidation sites excluding steroid dienone is 8. The lowest BCUT2D eigenvalue weighted by Gasteiger charge is -2.13. The quantitative estimate of drug-likeness (QED) is 0.0746. The maximum Gasteiger partial charge on any atom is 0.119 e. The number of ether oxygens (including phenoxy) is 4. The molecular formula is C108H128N8O4. The highest BCUT2D eigenvalue weighted by Gasteiger charge is 2.32. The van der Waals surface area contributed by atoms with Crippen LogP contribution in [0, 0.1) is 0 Å². The van der Waals surface area contributed by atoms with Crippen LogP contribution in [0.25, 0.3) is 133 Å². The first kappa shape index (κ1) is 84.3. The fourth-order valence-electron chi connectivity index (χ4n) is 20.5. The Balaban J connectivity index is 0.868. The molecule has 0 fully saturated rings. The molecule has 12 heteroatoms. The number of aromatic amines is 4. The maximum absolute atomic E-state index is 6.85. The first-order valence-electron chi connectivity index (χ1n) is 46.3. The Labute approximate surface area is 713 Å². The average molecular weight is 1600 g/mol. The number of aryl methyl sites for hydroxylation is 8. The second-order valence-corrected chi connectivity index (χ2v) is 32.8. The summed E-state index contributed by atoms with van der Waals surface area (Å²) in [5.41, 5.74) is 46.7. The van der Waals surface area contributed by atoms with Crippen molar-refractivity contribution in [3.63, 3.8) is 0 Å². The number of nitrogens with zero attached hydrogens (tertiary/aromatic N) is 4. The summed E-state index contributed by atoms with van der Waals surface area (Å²) in [6.45, 7) is 39.3. The predicted octanol–water partition coefficient (Wildman–Crippen LogP) is 29.4. The van der Waals surface area contributed by atoms with Crippen molar-refractivity contribution in [3.05, 3.63) is 211 Å². The van der Waals surface area contributed by atoms with Crippen molar-refractivity contribution in [1.82, 2.24) is 39.9 Å². The van der Waals surface area contributed by atoms with Gasteiger partial charge in [-0.1, -0.05) is 159 Å². The van der Waals surface area contributed by atoms with Crippen molar-refractivity contribution >= 4 is 88.7 Å². The summed E-state index contributed by atoms with van der Waals surface area (Å²) >= 11 is 0. The topological polar surface area (TPSA) is 152 Å². The summed E-state index contributed by atoms with van der Waals surface area (Å²) in [5, 5.41) is 0. The summed E-state index contributed by atoms with van der Waals surface area (Å²) in [5.74, 6) is 3.43. The molecule has 0 radical (unpaired) electrons. The van der Waals surface area contributed by atoms with E-state index in [1.807, 2.05) is 0 Å². The lowest BCUT2D eigenvalue weighted by atomic mass is 9.92. The Morgan fingerprint density at radius 2 is 0.425 bits per heavy atom. The van der Waals surface area contributed by atoms with E-state index in [9.17, 15) is 0 Å². The third-order valence-electron chi connectivity index (χ3n) is 26.1. The van der Waals surface area contributed by atoms with Crippen LogP contribution in [-0.2, 0) is 51.4 Å². The number of hydrogen-bond acceptors (Lipinski definition) is 8. The van der Waals surface area contributed by atoms with Gasteiger partial charge < -0.3 is 38.9 Å². The molecule has 0 saturated heterocycles. The molecule has 8 aliphatic rings. The lowest BCUT2D eigenvalue weighted by Crippen LogP contribution is -2.00. The van der Waals surface area contributed by atoms with Crippen molar-refractivity contribution in [2.45, 2.75) is 265 Å². The van der Waals surface area contributed by atoms with Crippen LogP contribution in [0.4, 0.5) is 0 Å². The number of H-pyrrole nitrogens is 4. The first-order valence-corrected chi connectivity index (χ1v) is 46.3. The molecule has 4 N–H and O–H groups in total. The van der Waals surface area contributed by atoms with Gasteiger partial charge in [0.25, 0.3) is 0 Å². The van der Waals surface area contributed by atoms with E-state index in [4.69, 9.17) is 38.9 Å². The summed E-state index contributed by atoms with van der Waals surface area (Å²) in [4.78, 5) is 40.4. The largest absolute Gasteiger partial charge is 0.494 e. The molecule has 0 atom stereocenters. The fourth-order valence-corrected chi connectivity index (χ4v) is 20.5. The Morgan fingerprint density at radius 3 is 0.608 bits per heavy atom. The highest BCUT2D eigenvalue weighted by atomic mass is 16.5. The van der Waals surface area contributed by atoms with E-state index in [0.717, 1.165) is 311 Å². The summed E-state index contributed by atoms with van der Waals surface area (Å²) in [6, 6.07) is 44.9. The van der Waals surface area contributed by atoms with Crippen molar-refractivity contribution in [2.75, 3.05) is 26.4 Å². The summed E-state index contributed by atoms with van der Waals surface area (Å²) in [7, 11) is 0. The molecule has 4 aromatic carbocycles. The van der Waals surface area contributed by atoms with Crippen LogP contribution in [-0.4, -0.2) is 66.3 Å². The zero-order valence-corrected chi connectivity index (χ0v) is 74.8. The number of rotatable bonds is 16. The van der Waals surface area contributed by atoms with E-state index in [1.54, 1.807) is 0 Å². The SMILES string of the molecule is CCC1=C(CC)c2nc1cc1[nH]c(c(CC)c1CC)c1c3nc(cc4[nH]c(c(CC)c4CC)c2-c2cccc(c2)OCCCCCCOc2cccc(c2)-c2c4nc(cc5[nH]c(c(CC)c5CC)c(c5nc(cc6[nH]c2c(CC)c6CC)C(CC)=C5CC)-c2cccc(c2)OCCCCCCOc2cccc-1c2)C(CC)=C4CC)C(CC)=C3CC. The van der Waals surface area contributed by atoms with Crippen LogP contribution < -0.4 is 18.9 Å². The van der Waals surface area contributed by atoms with Gasteiger partial charge in [0, 0.05) is 44.3 Å². The van der Waals surface area contributed by atoms with Crippen LogP contribution >= 0.6 is 0 Å². The van der Waals surface area contributed by atoms with E-state index >= 15 is 0 Å². The van der Waals surface area contributed by atoms with Gasteiger partial charge in [0.1, 0.15) is 23.0 Å². The van der Waals surface area contributed by atoms with Gasteiger partial charge in [-0.25, -0.2) is 19.9 Å².